The fraction of sp³-hybridized carbons (Fsp3) is 0.167. The van der Waals surface area contributed by atoms with E-state index in [0.717, 1.165) is 0 Å². The van der Waals surface area contributed by atoms with Crippen LogP contribution in [0.15, 0.2) is 33.5 Å². The number of rotatable bonds is 3. The Hall–Kier alpha value is -2.34. The SMILES string of the molecule is CCOc1ccc2cc(C(=O)NN)c(=O)oc2c1. The predicted molar refractivity (Wildman–Crippen MR) is 65.3 cm³/mol. The second-order valence-electron chi connectivity index (χ2n) is 3.55. The van der Waals surface area contributed by atoms with Gasteiger partial charge < -0.3 is 9.15 Å². The number of nitrogens with two attached hydrogens (primary N) is 1. The smallest absolute Gasteiger partial charge is 0.349 e. The number of benzene rings is 1. The Morgan fingerprint density at radius 2 is 2.22 bits per heavy atom. The Balaban J connectivity index is 2.57. The maximum Gasteiger partial charge on any atom is 0.349 e. The second-order valence-corrected chi connectivity index (χ2v) is 3.55. The minimum Gasteiger partial charge on any atom is -0.494 e. The van der Waals surface area contributed by atoms with Crippen LogP contribution in [0.3, 0.4) is 0 Å². The van der Waals surface area contributed by atoms with Crippen LogP contribution in [0.1, 0.15) is 17.3 Å². The highest BCUT2D eigenvalue weighted by Crippen LogP contribution is 2.20. The van der Waals surface area contributed by atoms with Crippen molar-refractivity contribution in [1.82, 2.24) is 5.43 Å². The lowest BCUT2D eigenvalue weighted by molar-refractivity contribution is 0.0950. The standard InChI is InChI=1S/C12H12N2O4/c1-2-17-8-4-3-7-5-9(11(15)14-13)12(16)18-10(7)6-8/h3-6H,2,13H2,1H3,(H,14,15). The molecule has 0 aliphatic rings. The molecule has 0 aliphatic heterocycles. The molecule has 0 aliphatic carbocycles. The van der Waals surface area contributed by atoms with E-state index < -0.39 is 11.5 Å². The maximum absolute atomic E-state index is 11.6. The maximum atomic E-state index is 11.6. The lowest BCUT2D eigenvalue weighted by Gasteiger charge is -2.04. The molecule has 6 nitrogen and oxygen atoms in total. The fourth-order valence-electron chi connectivity index (χ4n) is 1.58. The van der Waals surface area contributed by atoms with Crippen LogP contribution in [0, 0.1) is 0 Å². The molecule has 0 saturated carbocycles. The summed E-state index contributed by atoms with van der Waals surface area (Å²) >= 11 is 0. The summed E-state index contributed by atoms with van der Waals surface area (Å²) < 4.78 is 10.3. The summed E-state index contributed by atoms with van der Waals surface area (Å²) in [5.74, 6) is 4.90. The van der Waals surface area contributed by atoms with E-state index in [2.05, 4.69) is 0 Å². The number of fused-ring (bicyclic) bond motifs is 1. The van der Waals surface area contributed by atoms with Gasteiger partial charge in [-0.2, -0.15) is 0 Å². The molecule has 18 heavy (non-hydrogen) atoms. The van der Waals surface area contributed by atoms with Gasteiger partial charge in [0.25, 0.3) is 5.91 Å². The molecule has 1 aromatic heterocycles. The topological polar surface area (TPSA) is 94.6 Å². The Morgan fingerprint density at radius 1 is 1.44 bits per heavy atom. The zero-order chi connectivity index (χ0) is 13.1. The van der Waals surface area contributed by atoms with Gasteiger partial charge in [0.05, 0.1) is 6.61 Å². The van der Waals surface area contributed by atoms with Gasteiger partial charge in [-0.15, -0.1) is 0 Å². The van der Waals surface area contributed by atoms with Gasteiger partial charge >= 0.3 is 5.63 Å². The average Bonchev–Trinajstić information content (AvgIpc) is 2.37. The summed E-state index contributed by atoms with van der Waals surface area (Å²) in [6.07, 6.45) is 0. The third-order valence-corrected chi connectivity index (χ3v) is 2.39. The van der Waals surface area contributed by atoms with Gasteiger partial charge in [0, 0.05) is 11.5 Å². The van der Waals surface area contributed by atoms with Crippen LogP contribution in [0.4, 0.5) is 0 Å². The second kappa shape index (κ2) is 4.89. The van der Waals surface area contributed by atoms with Gasteiger partial charge in [-0.1, -0.05) is 0 Å². The van der Waals surface area contributed by atoms with Gasteiger partial charge in [-0.05, 0) is 25.1 Å². The molecular weight excluding hydrogens is 236 g/mol. The number of hydrogen-bond acceptors (Lipinski definition) is 5. The first kappa shape index (κ1) is 12.1. The van der Waals surface area contributed by atoms with Crippen molar-refractivity contribution in [3.05, 3.63) is 40.2 Å². The lowest BCUT2D eigenvalue weighted by atomic mass is 10.1. The van der Waals surface area contributed by atoms with Crippen molar-refractivity contribution in [3.63, 3.8) is 0 Å². The van der Waals surface area contributed by atoms with Crippen LogP contribution in [0.25, 0.3) is 11.0 Å². The summed E-state index contributed by atoms with van der Waals surface area (Å²) in [5.41, 5.74) is 1.39. The molecule has 2 aromatic rings. The van der Waals surface area contributed by atoms with Gasteiger partial charge in [-0.25, -0.2) is 10.6 Å². The van der Waals surface area contributed by atoms with Crippen molar-refractivity contribution in [1.29, 1.82) is 0 Å². The molecule has 0 atom stereocenters. The number of ether oxygens (including phenoxy) is 1. The number of nitrogen functional groups attached to an aromatic ring is 1. The number of carbonyl (C=O) groups is 1. The van der Waals surface area contributed by atoms with Crippen LogP contribution in [0.5, 0.6) is 5.75 Å². The first-order chi connectivity index (χ1) is 8.65. The number of hydrazine groups is 1. The molecule has 3 N–H and O–H groups in total. The first-order valence-electron chi connectivity index (χ1n) is 5.37. The van der Waals surface area contributed by atoms with E-state index in [1.54, 1.807) is 18.2 Å². The molecule has 0 bridgehead atoms. The first-order valence-corrected chi connectivity index (χ1v) is 5.37. The van der Waals surface area contributed by atoms with Crippen LogP contribution in [-0.4, -0.2) is 12.5 Å². The minimum atomic E-state index is -0.737. The van der Waals surface area contributed by atoms with Crippen molar-refractivity contribution in [2.45, 2.75) is 6.92 Å². The summed E-state index contributed by atoms with van der Waals surface area (Å²) in [6, 6.07) is 6.47. The monoisotopic (exact) mass is 248 g/mol. The molecule has 0 fully saturated rings. The summed E-state index contributed by atoms with van der Waals surface area (Å²) in [5, 5.41) is 0.622. The molecule has 6 heteroatoms. The van der Waals surface area contributed by atoms with Crippen LogP contribution >= 0.6 is 0 Å². The lowest BCUT2D eigenvalue weighted by Crippen LogP contribution is -2.33. The molecule has 0 saturated heterocycles. The molecule has 1 aromatic carbocycles. The van der Waals surface area contributed by atoms with Gasteiger partial charge in [0.15, 0.2) is 0 Å². The molecule has 94 valence electrons. The molecular formula is C12H12N2O4. The van der Waals surface area contributed by atoms with E-state index in [1.165, 1.54) is 6.07 Å². The van der Waals surface area contributed by atoms with Gasteiger partial charge in [0.2, 0.25) is 0 Å². The van der Waals surface area contributed by atoms with Crippen molar-refractivity contribution < 1.29 is 13.9 Å². The zero-order valence-corrected chi connectivity index (χ0v) is 9.73. The minimum absolute atomic E-state index is 0.130. The Morgan fingerprint density at radius 3 is 2.89 bits per heavy atom. The van der Waals surface area contributed by atoms with E-state index in [1.807, 2.05) is 12.3 Å². The zero-order valence-electron chi connectivity index (χ0n) is 9.73. The van der Waals surface area contributed by atoms with E-state index in [-0.39, 0.29) is 5.56 Å². The normalized spacial score (nSPS) is 10.3. The average molecular weight is 248 g/mol. The Bertz CT molecular complexity index is 648. The molecule has 2 rings (SSSR count). The Labute approximate surface area is 102 Å². The van der Waals surface area contributed by atoms with E-state index >= 15 is 0 Å². The quantitative estimate of drug-likeness (QED) is 0.362. The predicted octanol–water partition coefficient (Wildman–Crippen LogP) is 0.795. The summed E-state index contributed by atoms with van der Waals surface area (Å²) in [6.45, 7) is 2.37. The van der Waals surface area contributed by atoms with E-state index in [0.29, 0.717) is 23.3 Å². The number of amides is 1. The highest BCUT2D eigenvalue weighted by atomic mass is 16.5. The third-order valence-electron chi connectivity index (χ3n) is 2.39. The molecule has 1 heterocycles. The van der Waals surface area contributed by atoms with Crippen molar-refractivity contribution in [3.8, 4) is 5.75 Å². The summed E-state index contributed by atoms with van der Waals surface area (Å²) in [4.78, 5) is 22.9. The Kier molecular flexibility index (Phi) is 3.29. The summed E-state index contributed by atoms with van der Waals surface area (Å²) in [7, 11) is 0. The molecule has 0 radical (unpaired) electrons. The number of nitrogens with one attached hydrogen (secondary N) is 1. The number of hydrogen-bond donors (Lipinski definition) is 2. The number of carbonyl (C=O) groups excluding carboxylic acids is 1. The van der Waals surface area contributed by atoms with Gasteiger partial charge in [0.1, 0.15) is 16.9 Å². The van der Waals surface area contributed by atoms with Crippen LogP contribution < -0.4 is 21.6 Å². The van der Waals surface area contributed by atoms with E-state index in [9.17, 15) is 9.59 Å². The van der Waals surface area contributed by atoms with Gasteiger partial charge in [-0.3, -0.25) is 10.2 Å². The fourth-order valence-corrected chi connectivity index (χ4v) is 1.58. The van der Waals surface area contributed by atoms with Crippen LogP contribution in [-0.2, 0) is 0 Å². The van der Waals surface area contributed by atoms with Crippen LogP contribution in [0.2, 0.25) is 0 Å². The third kappa shape index (κ3) is 2.18. The van der Waals surface area contributed by atoms with Crippen molar-refractivity contribution >= 4 is 16.9 Å². The largest absolute Gasteiger partial charge is 0.494 e. The molecule has 0 spiro atoms. The van der Waals surface area contributed by atoms with Crippen molar-refractivity contribution in [2.24, 2.45) is 5.84 Å². The highest BCUT2D eigenvalue weighted by Gasteiger charge is 2.12. The van der Waals surface area contributed by atoms with Crippen molar-refractivity contribution in [2.75, 3.05) is 6.61 Å². The molecule has 0 unspecified atom stereocenters. The highest BCUT2D eigenvalue weighted by molar-refractivity contribution is 5.96. The molecule has 1 amide bonds. The van der Waals surface area contributed by atoms with E-state index in [4.69, 9.17) is 15.0 Å².